The van der Waals surface area contributed by atoms with Gasteiger partial charge in [-0.25, -0.2) is 0 Å². The number of aliphatic hydroxyl groups excluding tert-OH is 1. The molecule has 1 aromatic rings. The minimum atomic E-state index is -0.154. The van der Waals surface area contributed by atoms with Gasteiger partial charge in [-0.15, -0.1) is 0 Å². The van der Waals surface area contributed by atoms with Crippen LogP contribution in [0, 0.1) is 0 Å². The van der Waals surface area contributed by atoms with Crippen LogP contribution in [0.4, 0.5) is 0 Å². The minimum absolute atomic E-state index is 0.0491. The average Bonchev–Trinajstić information content (AvgIpc) is 2.21. The van der Waals surface area contributed by atoms with Gasteiger partial charge in [0.2, 0.25) is 0 Å². The van der Waals surface area contributed by atoms with Crippen LogP contribution in [-0.2, 0) is 0 Å². The van der Waals surface area contributed by atoms with Crippen molar-refractivity contribution in [1.82, 2.24) is 4.90 Å². The van der Waals surface area contributed by atoms with Crippen LogP contribution in [0.25, 0.3) is 0 Å². The molecule has 0 saturated carbocycles. The summed E-state index contributed by atoms with van der Waals surface area (Å²) in [6.07, 6.45) is 0. The summed E-state index contributed by atoms with van der Waals surface area (Å²) in [5.74, 6) is -0.154. The van der Waals surface area contributed by atoms with E-state index >= 15 is 0 Å². The molecule has 0 aliphatic rings. The molecular formula is C10H11BrClNO2. The van der Waals surface area contributed by atoms with Gasteiger partial charge in [0.1, 0.15) is 0 Å². The van der Waals surface area contributed by atoms with Gasteiger partial charge in [-0.3, -0.25) is 4.79 Å². The number of amides is 1. The number of halogens is 2. The van der Waals surface area contributed by atoms with Crippen LogP contribution in [0.3, 0.4) is 0 Å². The number of carbonyl (C=O) groups excluding carboxylic acids is 1. The number of rotatable bonds is 3. The first-order chi connectivity index (χ1) is 7.06. The molecule has 82 valence electrons. The molecule has 0 saturated heterocycles. The molecule has 0 unspecified atom stereocenters. The number of benzene rings is 1. The van der Waals surface area contributed by atoms with E-state index in [-0.39, 0.29) is 12.5 Å². The topological polar surface area (TPSA) is 40.5 Å². The third-order valence-electron chi connectivity index (χ3n) is 1.95. The SMILES string of the molecule is CN(CCO)C(=O)c1ccc(Br)c(Cl)c1. The highest BCUT2D eigenvalue weighted by Gasteiger charge is 2.11. The summed E-state index contributed by atoms with van der Waals surface area (Å²) in [6, 6.07) is 5.01. The summed E-state index contributed by atoms with van der Waals surface area (Å²) in [5, 5.41) is 9.20. The first-order valence-electron chi connectivity index (χ1n) is 4.37. The van der Waals surface area contributed by atoms with Crippen LogP contribution in [-0.4, -0.2) is 36.1 Å². The highest BCUT2D eigenvalue weighted by atomic mass is 79.9. The van der Waals surface area contributed by atoms with Crippen molar-refractivity contribution in [3.05, 3.63) is 33.3 Å². The Bertz CT molecular complexity index is 370. The Kier molecular flexibility index (Phi) is 4.57. The molecule has 0 spiro atoms. The van der Waals surface area contributed by atoms with E-state index in [4.69, 9.17) is 16.7 Å². The lowest BCUT2D eigenvalue weighted by atomic mass is 10.2. The highest BCUT2D eigenvalue weighted by Crippen LogP contribution is 2.23. The average molecular weight is 293 g/mol. The quantitative estimate of drug-likeness (QED) is 0.927. The summed E-state index contributed by atoms with van der Waals surface area (Å²) in [6.45, 7) is 0.263. The van der Waals surface area contributed by atoms with Crippen molar-refractivity contribution in [1.29, 1.82) is 0 Å². The van der Waals surface area contributed by atoms with Crippen molar-refractivity contribution in [2.45, 2.75) is 0 Å². The lowest BCUT2D eigenvalue weighted by Crippen LogP contribution is -2.29. The van der Waals surface area contributed by atoms with Crippen LogP contribution in [0.15, 0.2) is 22.7 Å². The molecule has 0 aliphatic carbocycles. The van der Waals surface area contributed by atoms with Crippen molar-refractivity contribution in [2.24, 2.45) is 0 Å². The molecule has 0 bridgehead atoms. The van der Waals surface area contributed by atoms with Crippen molar-refractivity contribution in [2.75, 3.05) is 20.2 Å². The number of aliphatic hydroxyl groups is 1. The van der Waals surface area contributed by atoms with Crippen LogP contribution < -0.4 is 0 Å². The first kappa shape index (κ1) is 12.5. The van der Waals surface area contributed by atoms with Crippen molar-refractivity contribution in [3.8, 4) is 0 Å². The lowest BCUT2D eigenvalue weighted by Gasteiger charge is -2.15. The molecule has 3 nitrogen and oxygen atoms in total. The maximum absolute atomic E-state index is 11.7. The fourth-order valence-corrected chi connectivity index (χ4v) is 1.53. The zero-order valence-corrected chi connectivity index (χ0v) is 10.5. The zero-order valence-electron chi connectivity index (χ0n) is 8.20. The first-order valence-corrected chi connectivity index (χ1v) is 5.54. The van der Waals surface area contributed by atoms with Gasteiger partial charge in [-0.05, 0) is 34.1 Å². The second kappa shape index (κ2) is 5.49. The molecule has 0 aromatic heterocycles. The molecule has 0 fully saturated rings. The molecule has 15 heavy (non-hydrogen) atoms. The second-order valence-corrected chi connectivity index (χ2v) is 4.34. The highest BCUT2D eigenvalue weighted by molar-refractivity contribution is 9.10. The van der Waals surface area contributed by atoms with E-state index in [2.05, 4.69) is 15.9 Å². The summed E-state index contributed by atoms with van der Waals surface area (Å²) in [5.41, 5.74) is 0.513. The molecule has 1 amide bonds. The molecule has 0 heterocycles. The molecule has 1 N–H and O–H groups in total. The smallest absolute Gasteiger partial charge is 0.253 e. The van der Waals surface area contributed by atoms with E-state index in [1.807, 2.05) is 0 Å². The fraction of sp³-hybridized carbons (Fsp3) is 0.300. The van der Waals surface area contributed by atoms with Crippen LogP contribution in [0.2, 0.25) is 5.02 Å². The molecule has 1 rings (SSSR count). The van der Waals surface area contributed by atoms with Crippen molar-refractivity contribution < 1.29 is 9.90 Å². The number of hydrogen-bond acceptors (Lipinski definition) is 2. The Morgan fingerprint density at radius 3 is 2.80 bits per heavy atom. The third kappa shape index (κ3) is 3.19. The van der Waals surface area contributed by atoms with Gasteiger partial charge in [0.05, 0.1) is 11.6 Å². The predicted molar refractivity (Wildman–Crippen MR) is 63.2 cm³/mol. The predicted octanol–water partition coefficient (Wildman–Crippen LogP) is 2.17. The molecule has 0 atom stereocenters. The Morgan fingerprint density at radius 2 is 2.27 bits per heavy atom. The molecule has 0 aliphatic heterocycles. The lowest BCUT2D eigenvalue weighted by molar-refractivity contribution is 0.0767. The molecule has 0 radical (unpaired) electrons. The van der Waals surface area contributed by atoms with E-state index in [0.29, 0.717) is 17.1 Å². The standard InChI is InChI=1S/C10H11BrClNO2/c1-13(4-5-14)10(15)7-2-3-8(11)9(12)6-7/h2-3,6,14H,4-5H2,1H3. The van der Waals surface area contributed by atoms with Crippen LogP contribution in [0.1, 0.15) is 10.4 Å². The summed E-state index contributed by atoms with van der Waals surface area (Å²) in [7, 11) is 1.63. The van der Waals surface area contributed by atoms with Gasteiger partial charge < -0.3 is 10.0 Å². The minimum Gasteiger partial charge on any atom is -0.395 e. The maximum Gasteiger partial charge on any atom is 0.253 e. The molecular weight excluding hydrogens is 281 g/mol. The van der Waals surface area contributed by atoms with E-state index in [9.17, 15) is 4.79 Å². The van der Waals surface area contributed by atoms with Gasteiger partial charge in [0.15, 0.2) is 0 Å². The second-order valence-electron chi connectivity index (χ2n) is 3.08. The number of nitrogens with zero attached hydrogens (tertiary/aromatic N) is 1. The maximum atomic E-state index is 11.7. The van der Waals surface area contributed by atoms with Gasteiger partial charge in [-0.2, -0.15) is 0 Å². The summed E-state index contributed by atoms with van der Waals surface area (Å²) >= 11 is 9.12. The van der Waals surface area contributed by atoms with Gasteiger partial charge in [0, 0.05) is 23.6 Å². The molecule has 1 aromatic carbocycles. The van der Waals surface area contributed by atoms with Gasteiger partial charge >= 0.3 is 0 Å². The normalized spacial score (nSPS) is 10.1. The monoisotopic (exact) mass is 291 g/mol. The van der Waals surface area contributed by atoms with Crippen molar-refractivity contribution in [3.63, 3.8) is 0 Å². The summed E-state index contributed by atoms with van der Waals surface area (Å²) < 4.78 is 0.755. The Hall–Kier alpha value is -0.580. The fourth-order valence-electron chi connectivity index (χ4n) is 1.10. The largest absolute Gasteiger partial charge is 0.395 e. The molecule has 5 heteroatoms. The van der Waals surface area contributed by atoms with E-state index in [0.717, 1.165) is 4.47 Å². The van der Waals surface area contributed by atoms with E-state index < -0.39 is 0 Å². The van der Waals surface area contributed by atoms with E-state index in [1.54, 1.807) is 25.2 Å². The zero-order chi connectivity index (χ0) is 11.4. The third-order valence-corrected chi connectivity index (χ3v) is 3.18. The Morgan fingerprint density at radius 1 is 1.60 bits per heavy atom. The van der Waals surface area contributed by atoms with Crippen LogP contribution in [0.5, 0.6) is 0 Å². The summed E-state index contributed by atoms with van der Waals surface area (Å²) in [4.78, 5) is 13.2. The van der Waals surface area contributed by atoms with Crippen LogP contribution >= 0.6 is 27.5 Å². The number of hydrogen-bond donors (Lipinski definition) is 1. The van der Waals surface area contributed by atoms with Gasteiger partial charge in [0.25, 0.3) is 5.91 Å². The number of carbonyl (C=O) groups is 1. The Labute approximate surface area is 102 Å². The van der Waals surface area contributed by atoms with E-state index in [1.165, 1.54) is 4.90 Å². The van der Waals surface area contributed by atoms with Gasteiger partial charge in [-0.1, -0.05) is 11.6 Å². The van der Waals surface area contributed by atoms with Crippen molar-refractivity contribution >= 4 is 33.4 Å². The number of likely N-dealkylation sites (N-methyl/N-ethyl adjacent to an activating group) is 1. The Balaban J connectivity index is 2.87.